The molecule has 0 saturated heterocycles. The average Bonchev–Trinajstić information content (AvgIpc) is 2.94. The Labute approximate surface area is 130 Å². The highest BCUT2D eigenvalue weighted by Gasteiger charge is 2.20. The minimum absolute atomic E-state index is 0.279. The van der Waals surface area contributed by atoms with Gasteiger partial charge in [0.1, 0.15) is 11.4 Å². The van der Waals surface area contributed by atoms with Crippen LogP contribution in [0.4, 0.5) is 10.1 Å². The van der Waals surface area contributed by atoms with Crippen LogP contribution in [-0.4, -0.2) is 22.4 Å². The van der Waals surface area contributed by atoms with Crippen LogP contribution in [0.5, 0.6) is 0 Å². The van der Waals surface area contributed by atoms with Crippen molar-refractivity contribution in [1.29, 1.82) is 0 Å². The summed E-state index contributed by atoms with van der Waals surface area (Å²) >= 11 is 1.56. The number of carbonyl (C=O) groups is 1. The lowest BCUT2D eigenvalue weighted by Gasteiger charge is -2.05. The quantitative estimate of drug-likeness (QED) is 0.654. The molecule has 0 radical (unpaired) electrons. The maximum atomic E-state index is 13.2. The molecule has 116 valence electrons. The van der Waals surface area contributed by atoms with Gasteiger partial charge < -0.3 is 5.32 Å². The van der Waals surface area contributed by atoms with Gasteiger partial charge in [0.25, 0.3) is 11.6 Å². The Bertz CT molecular complexity index is 702. The van der Waals surface area contributed by atoms with Crippen LogP contribution in [0.3, 0.4) is 0 Å². The summed E-state index contributed by atoms with van der Waals surface area (Å²) in [6.45, 7) is 2.31. The number of nitrogens with zero attached hydrogens (tertiary/aromatic N) is 2. The largest absolute Gasteiger partial charge is 0.351 e. The number of benzene rings is 1. The second-order valence-electron chi connectivity index (χ2n) is 4.50. The first-order chi connectivity index (χ1) is 10.5. The van der Waals surface area contributed by atoms with Crippen LogP contribution < -0.4 is 5.32 Å². The van der Waals surface area contributed by atoms with E-state index in [1.807, 2.05) is 6.92 Å². The fraction of sp³-hybridized carbons (Fsp3) is 0.286. The van der Waals surface area contributed by atoms with Crippen LogP contribution >= 0.6 is 11.3 Å². The average molecular weight is 323 g/mol. The Morgan fingerprint density at radius 2 is 2.27 bits per heavy atom. The van der Waals surface area contributed by atoms with Crippen molar-refractivity contribution in [2.24, 2.45) is 0 Å². The van der Waals surface area contributed by atoms with Gasteiger partial charge in [-0.3, -0.25) is 14.9 Å². The molecule has 0 saturated carbocycles. The van der Waals surface area contributed by atoms with Crippen LogP contribution in [0.1, 0.15) is 27.2 Å². The van der Waals surface area contributed by atoms with Gasteiger partial charge in [0.2, 0.25) is 0 Å². The van der Waals surface area contributed by atoms with Crippen LogP contribution in [-0.2, 0) is 12.8 Å². The summed E-state index contributed by atoms with van der Waals surface area (Å²) in [6.07, 6.45) is 3.22. The molecule has 1 aromatic heterocycles. The Balaban J connectivity index is 2.00. The molecule has 1 N–H and O–H groups in total. The number of thiazole rings is 1. The third-order valence-electron chi connectivity index (χ3n) is 2.97. The molecule has 8 heteroatoms. The van der Waals surface area contributed by atoms with Crippen molar-refractivity contribution in [1.82, 2.24) is 10.3 Å². The number of nitrogens with one attached hydrogen (secondary N) is 1. The maximum Gasteiger partial charge on any atom is 0.282 e. The fourth-order valence-corrected chi connectivity index (χ4v) is 2.72. The van der Waals surface area contributed by atoms with E-state index in [2.05, 4.69) is 10.3 Å². The third-order valence-corrected chi connectivity index (χ3v) is 4.18. The highest BCUT2D eigenvalue weighted by molar-refractivity contribution is 7.11. The van der Waals surface area contributed by atoms with Gasteiger partial charge in [-0.1, -0.05) is 6.92 Å². The standard InChI is InChI=1S/C14H14FN3O3S/c1-2-10-8-17-13(22-10)5-6-16-14(19)11-7-9(15)3-4-12(11)18(20)21/h3-4,7-8H,2,5-6H2,1H3,(H,16,19). The normalized spacial score (nSPS) is 10.5. The van der Waals surface area contributed by atoms with E-state index in [0.717, 1.165) is 34.5 Å². The van der Waals surface area contributed by atoms with Crippen LogP contribution in [0.2, 0.25) is 0 Å². The van der Waals surface area contributed by atoms with Gasteiger partial charge in [0.15, 0.2) is 0 Å². The molecule has 0 unspecified atom stereocenters. The highest BCUT2D eigenvalue weighted by atomic mass is 32.1. The third kappa shape index (κ3) is 3.85. The number of rotatable bonds is 6. The van der Waals surface area contributed by atoms with Crippen molar-refractivity contribution in [3.8, 4) is 0 Å². The van der Waals surface area contributed by atoms with Gasteiger partial charge in [-0.15, -0.1) is 11.3 Å². The lowest BCUT2D eigenvalue weighted by molar-refractivity contribution is -0.385. The van der Waals surface area contributed by atoms with E-state index in [-0.39, 0.29) is 12.1 Å². The molecular formula is C14H14FN3O3S. The molecular weight excluding hydrogens is 309 g/mol. The zero-order valence-electron chi connectivity index (χ0n) is 11.8. The number of nitro benzene ring substituents is 1. The van der Waals surface area contributed by atoms with Gasteiger partial charge in [-0.25, -0.2) is 9.37 Å². The Kier molecular flexibility index (Phi) is 5.16. The molecule has 0 bridgehead atoms. The second-order valence-corrected chi connectivity index (χ2v) is 5.70. The molecule has 2 aromatic rings. The molecule has 0 spiro atoms. The van der Waals surface area contributed by atoms with Crippen LogP contribution in [0, 0.1) is 15.9 Å². The summed E-state index contributed by atoms with van der Waals surface area (Å²) in [5.74, 6) is -1.36. The number of nitro groups is 1. The monoisotopic (exact) mass is 323 g/mol. The van der Waals surface area contributed by atoms with E-state index in [1.54, 1.807) is 17.5 Å². The lowest BCUT2D eigenvalue weighted by Crippen LogP contribution is -2.26. The van der Waals surface area contributed by atoms with E-state index >= 15 is 0 Å². The SMILES string of the molecule is CCc1cnc(CCNC(=O)c2cc(F)ccc2[N+](=O)[O-])s1. The van der Waals surface area contributed by atoms with Crippen molar-refractivity contribution < 1.29 is 14.1 Å². The molecule has 22 heavy (non-hydrogen) atoms. The molecule has 0 fully saturated rings. The van der Waals surface area contributed by atoms with E-state index in [0.29, 0.717) is 6.42 Å². The number of hydrogen-bond donors (Lipinski definition) is 1. The lowest BCUT2D eigenvalue weighted by atomic mass is 10.1. The molecule has 1 aromatic carbocycles. The van der Waals surface area contributed by atoms with E-state index in [4.69, 9.17) is 0 Å². The number of hydrogen-bond acceptors (Lipinski definition) is 5. The van der Waals surface area contributed by atoms with Crippen molar-refractivity contribution in [3.05, 3.63) is 55.8 Å². The Morgan fingerprint density at radius 1 is 1.50 bits per heavy atom. The van der Waals surface area contributed by atoms with Gasteiger partial charge in [0, 0.05) is 30.1 Å². The molecule has 0 aliphatic heterocycles. The molecule has 0 aliphatic rings. The first kappa shape index (κ1) is 16.0. The molecule has 6 nitrogen and oxygen atoms in total. The van der Waals surface area contributed by atoms with E-state index in [9.17, 15) is 19.3 Å². The predicted octanol–water partition coefficient (Wildman–Crippen LogP) is 2.73. The number of aryl methyl sites for hydroxylation is 1. The van der Waals surface area contributed by atoms with Crippen molar-refractivity contribution in [2.45, 2.75) is 19.8 Å². The van der Waals surface area contributed by atoms with Crippen molar-refractivity contribution in [3.63, 3.8) is 0 Å². The summed E-state index contributed by atoms with van der Waals surface area (Å²) in [7, 11) is 0. The summed E-state index contributed by atoms with van der Waals surface area (Å²) < 4.78 is 13.2. The van der Waals surface area contributed by atoms with Crippen LogP contribution in [0.25, 0.3) is 0 Å². The Hall–Kier alpha value is -2.35. The Morgan fingerprint density at radius 3 is 2.91 bits per heavy atom. The zero-order chi connectivity index (χ0) is 16.1. The number of halogens is 1. The summed E-state index contributed by atoms with van der Waals surface area (Å²) in [5.41, 5.74) is -0.695. The number of aromatic nitrogens is 1. The first-order valence-corrected chi connectivity index (χ1v) is 7.48. The summed E-state index contributed by atoms with van der Waals surface area (Å²) in [4.78, 5) is 27.5. The van der Waals surface area contributed by atoms with E-state index in [1.165, 1.54) is 0 Å². The van der Waals surface area contributed by atoms with Crippen LogP contribution in [0.15, 0.2) is 24.4 Å². The molecule has 1 amide bonds. The highest BCUT2D eigenvalue weighted by Crippen LogP contribution is 2.19. The smallest absolute Gasteiger partial charge is 0.282 e. The minimum atomic E-state index is -0.706. The molecule has 0 atom stereocenters. The minimum Gasteiger partial charge on any atom is -0.351 e. The molecule has 0 aliphatic carbocycles. The number of carbonyl (C=O) groups excluding carboxylic acids is 1. The van der Waals surface area contributed by atoms with E-state index < -0.39 is 22.3 Å². The van der Waals surface area contributed by atoms with Gasteiger partial charge >= 0.3 is 0 Å². The topological polar surface area (TPSA) is 85.1 Å². The summed E-state index contributed by atoms with van der Waals surface area (Å²) in [6, 6.07) is 2.81. The number of amides is 1. The van der Waals surface area contributed by atoms with Gasteiger partial charge in [-0.2, -0.15) is 0 Å². The fourth-order valence-electron chi connectivity index (χ4n) is 1.85. The van der Waals surface area contributed by atoms with Crippen molar-refractivity contribution in [2.75, 3.05) is 6.54 Å². The second kappa shape index (κ2) is 7.08. The molecule has 1 heterocycles. The van der Waals surface area contributed by atoms with Gasteiger partial charge in [0.05, 0.1) is 9.93 Å². The van der Waals surface area contributed by atoms with Crippen molar-refractivity contribution >= 4 is 22.9 Å². The first-order valence-electron chi connectivity index (χ1n) is 6.67. The maximum absolute atomic E-state index is 13.2. The molecule has 2 rings (SSSR count). The predicted molar refractivity (Wildman–Crippen MR) is 80.6 cm³/mol. The summed E-state index contributed by atoms with van der Waals surface area (Å²) in [5, 5.41) is 14.3. The van der Waals surface area contributed by atoms with Gasteiger partial charge in [-0.05, 0) is 18.6 Å². The zero-order valence-corrected chi connectivity index (χ0v) is 12.7.